The number of ether oxygens (including phenoxy) is 1. The van der Waals surface area contributed by atoms with Crippen LogP contribution < -0.4 is 10.6 Å². The molecular weight excluding hydrogens is 267 g/mol. The first-order valence-electron chi connectivity index (χ1n) is 7.83. The fourth-order valence-electron chi connectivity index (χ4n) is 2.70. The van der Waals surface area contributed by atoms with Gasteiger partial charge in [-0.3, -0.25) is 0 Å². The van der Waals surface area contributed by atoms with E-state index >= 15 is 0 Å². The molecule has 3 nitrogen and oxygen atoms in total. The zero-order valence-electron chi connectivity index (χ0n) is 13.7. The predicted molar refractivity (Wildman–Crippen MR) is 87.3 cm³/mol. The fraction of sp³-hybridized carbons (Fsp3) is 0.647. The van der Waals surface area contributed by atoms with E-state index in [0.29, 0.717) is 31.3 Å². The van der Waals surface area contributed by atoms with Crippen LogP contribution in [0.4, 0.5) is 10.1 Å². The Morgan fingerprint density at radius 2 is 1.95 bits per heavy atom. The Morgan fingerprint density at radius 1 is 1.29 bits per heavy atom. The Labute approximate surface area is 128 Å². The number of benzene rings is 1. The highest BCUT2D eigenvalue weighted by Gasteiger charge is 2.19. The summed E-state index contributed by atoms with van der Waals surface area (Å²) in [5, 5.41) is 0. The van der Waals surface area contributed by atoms with Gasteiger partial charge < -0.3 is 15.4 Å². The lowest BCUT2D eigenvalue weighted by molar-refractivity contribution is 0.202. The summed E-state index contributed by atoms with van der Waals surface area (Å²) in [6.45, 7) is 7.50. The van der Waals surface area contributed by atoms with Crippen molar-refractivity contribution in [3.63, 3.8) is 0 Å². The molecule has 0 radical (unpaired) electrons. The van der Waals surface area contributed by atoms with Crippen LogP contribution in [0, 0.1) is 5.82 Å². The zero-order chi connectivity index (χ0) is 15.8. The van der Waals surface area contributed by atoms with Crippen molar-refractivity contribution in [2.45, 2.75) is 52.1 Å². The molecule has 2 N–H and O–H groups in total. The van der Waals surface area contributed by atoms with Gasteiger partial charge in [-0.1, -0.05) is 19.9 Å². The van der Waals surface area contributed by atoms with Gasteiger partial charge >= 0.3 is 0 Å². The Bertz CT molecular complexity index is 419. The van der Waals surface area contributed by atoms with Gasteiger partial charge in [-0.25, -0.2) is 4.39 Å². The number of methoxy groups -OCH3 is 1. The van der Waals surface area contributed by atoms with Crippen LogP contribution in [0.3, 0.4) is 0 Å². The monoisotopic (exact) mass is 296 g/mol. The van der Waals surface area contributed by atoms with E-state index in [-0.39, 0.29) is 11.9 Å². The summed E-state index contributed by atoms with van der Waals surface area (Å²) in [6.07, 6.45) is 2.67. The van der Waals surface area contributed by atoms with Gasteiger partial charge in [0.2, 0.25) is 0 Å². The number of halogens is 1. The van der Waals surface area contributed by atoms with Gasteiger partial charge in [-0.05, 0) is 43.9 Å². The molecule has 0 heterocycles. The summed E-state index contributed by atoms with van der Waals surface area (Å²) in [5.41, 5.74) is 7.39. The second kappa shape index (κ2) is 9.00. The highest BCUT2D eigenvalue weighted by molar-refractivity contribution is 5.50. The van der Waals surface area contributed by atoms with E-state index in [2.05, 4.69) is 18.7 Å². The first kappa shape index (κ1) is 17.9. The maximum Gasteiger partial charge on any atom is 0.146 e. The predicted octanol–water partition coefficient (Wildman–Crippen LogP) is 3.36. The van der Waals surface area contributed by atoms with Crippen molar-refractivity contribution < 1.29 is 9.13 Å². The van der Waals surface area contributed by atoms with Crippen molar-refractivity contribution in [1.29, 1.82) is 0 Å². The Kier molecular flexibility index (Phi) is 7.68. The average molecular weight is 296 g/mol. The van der Waals surface area contributed by atoms with E-state index in [9.17, 15) is 4.39 Å². The third kappa shape index (κ3) is 5.29. The average Bonchev–Trinajstić information content (AvgIpc) is 2.43. The molecule has 0 bridgehead atoms. The Hall–Kier alpha value is -1.13. The van der Waals surface area contributed by atoms with Gasteiger partial charge in [-0.15, -0.1) is 0 Å². The second-order valence-electron chi connectivity index (χ2n) is 5.62. The van der Waals surface area contributed by atoms with E-state index < -0.39 is 0 Å². The molecule has 0 aliphatic heterocycles. The van der Waals surface area contributed by atoms with Crippen molar-refractivity contribution in [3.05, 3.63) is 29.6 Å². The van der Waals surface area contributed by atoms with Crippen LogP contribution in [0.15, 0.2) is 18.2 Å². The third-order valence-electron chi connectivity index (χ3n) is 3.80. The van der Waals surface area contributed by atoms with E-state index in [1.54, 1.807) is 13.2 Å². The number of nitrogens with two attached hydrogens (primary N) is 1. The van der Waals surface area contributed by atoms with Gasteiger partial charge in [0.25, 0.3) is 0 Å². The van der Waals surface area contributed by atoms with Crippen molar-refractivity contribution >= 4 is 5.69 Å². The van der Waals surface area contributed by atoms with Gasteiger partial charge in [0.1, 0.15) is 5.82 Å². The summed E-state index contributed by atoms with van der Waals surface area (Å²) >= 11 is 0. The molecule has 21 heavy (non-hydrogen) atoms. The molecule has 0 aliphatic carbocycles. The largest absolute Gasteiger partial charge is 0.383 e. The fourth-order valence-corrected chi connectivity index (χ4v) is 2.70. The first-order valence-corrected chi connectivity index (χ1v) is 7.83. The summed E-state index contributed by atoms with van der Waals surface area (Å²) < 4.78 is 19.7. The molecule has 0 saturated carbocycles. The van der Waals surface area contributed by atoms with Gasteiger partial charge in [0.15, 0.2) is 0 Å². The Morgan fingerprint density at radius 3 is 2.43 bits per heavy atom. The van der Waals surface area contributed by atoms with Crippen LogP contribution in [0.1, 0.15) is 39.2 Å². The molecule has 1 aromatic carbocycles. The molecule has 0 aromatic heterocycles. The normalized spacial score (nSPS) is 12.7. The lowest BCUT2D eigenvalue weighted by Gasteiger charge is -2.33. The maximum absolute atomic E-state index is 14.5. The second-order valence-corrected chi connectivity index (χ2v) is 5.62. The minimum Gasteiger partial charge on any atom is -0.383 e. The molecule has 1 atom stereocenters. The minimum atomic E-state index is -0.170. The molecule has 0 spiro atoms. The highest BCUT2D eigenvalue weighted by Crippen LogP contribution is 2.25. The summed E-state index contributed by atoms with van der Waals surface area (Å²) in [7, 11) is 1.67. The maximum atomic E-state index is 14.5. The summed E-state index contributed by atoms with van der Waals surface area (Å²) in [5.74, 6) is -0.170. The smallest absolute Gasteiger partial charge is 0.146 e. The van der Waals surface area contributed by atoms with Gasteiger partial charge in [0.05, 0.1) is 12.3 Å². The number of hydrogen-bond donors (Lipinski definition) is 1. The van der Waals surface area contributed by atoms with E-state index in [0.717, 1.165) is 18.4 Å². The molecule has 120 valence electrons. The van der Waals surface area contributed by atoms with Crippen LogP contribution in [0.25, 0.3) is 0 Å². The zero-order valence-corrected chi connectivity index (χ0v) is 13.7. The standard InChI is InChI=1S/C17H29FN2O/c1-5-15(6-2)20(9-10-21-4)17-8-7-14(11-13(3)19)12-16(17)18/h7-8,12-13,15H,5-6,9-11,19H2,1-4H3. The number of rotatable bonds is 9. The Balaban J connectivity index is 3.00. The SMILES string of the molecule is CCC(CC)N(CCOC)c1ccc(CC(C)N)cc1F. The first-order chi connectivity index (χ1) is 10.0. The highest BCUT2D eigenvalue weighted by atomic mass is 19.1. The van der Waals surface area contributed by atoms with Crippen molar-refractivity contribution in [2.75, 3.05) is 25.2 Å². The molecule has 0 fully saturated rings. The minimum absolute atomic E-state index is 0.0406. The molecule has 1 rings (SSSR count). The summed E-state index contributed by atoms with van der Waals surface area (Å²) in [6, 6.07) is 5.83. The van der Waals surface area contributed by atoms with Crippen LogP contribution in [-0.2, 0) is 11.2 Å². The van der Waals surface area contributed by atoms with Crippen molar-refractivity contribution in [3.8, 4) is 0 Å². The van der Waals surface area contributed by atoms with Crippen LogP contribution >= 0.6 is 0 Å². The van der Waals surface area contributed by atoms with E-state index in [4.69, 9.17) is 10.5 Å². The van der Waals surface area contributed by atoms with Gasteiger partial charge in [-0.2, -0.15) is 0 Å². The summed E-state index contributed by atoms with van der Waals surface area (Å²) in [4.78, 5) is 2.12. The molecule has 1 unspecified atom stereocenters. The molecule has 4 heteroatoms. The quantitative estimate of drug-likeness (QED) is 0.759. The van der Waals surface area contributed by atoms with Crippen LogP contribution in [-0.4, -0.2) is 32.3 Å². The van der Waals surface area contributed by atoms with Crippen molar-refractivity contribution in [2.24, 2.45) is 5.73 Å². The topological polar surface area (TPSA) is 38.5 Å². The lowest BCUT2D eigenvalue weighted by Crippen LogP contribution is -2.37. The molecule has 1 aromatic rings. The van der Waals surface area contributed by atoms with Crippen LogP contribution in [0.5, 0.6) is 0 Å². The number of nitrogens with zero attached hydrogens (tertiary/aromatic N) is 1. The third-order valence-corrected chi connectivity index (χ3v) is 3.80. The van der Waals surface area contributed by atoms with Crippen molar-refractivity contribution in [1.82, 2.24) is 0 Å². The molecule has 0 saturated heterocycles. The number of anilines is 1. The lowest BCUT2D eigenvalue weighted by atomic mass is 10.0. The van der Waals surface area contributed by atoms with Crippen LogP contribution in [0.2, 0.25) is 0 Å². The number of hydrogen-bond acceptors (Lipinski definition) is 3. The molecule has 0 amide bonds. The molecular formula is C17H29FN2O. The van der Waals surface area contributed by atoms with Gasteiger partial charge in [0, 0.05) is 25.7 Å². The van der Waals surface area contributed by atoms with E-state index in [1.165, 1.54) is 0 Å². The van der Waals surface area contributed by atoms with E-state index in [1.807, 2.05) is 19.1 Å². The molecule has 0 aliphatic rings.